The highest BCUT2D eigenvalue weighted by atomic mass is 79.9. The Kier molecular flexibility index (Phi) is 4.74. The molecule has 0 aliphatic heterocycles. The minimum absolute atomic E-state index is 0.0135. The van der Waals surface area contributed by atoms with Crippen molar-refractivity contribution in [1.82, 2.24) is 5.32 Å². The maximum atomic E-state index is 13.3. The summed E-state index contributed by atoms with van der Waals surface area (Å²) >= 11 is 8.72. The molecular weight excluding hydrogens is 296 g/mol. The van der Waals surface area contributed by atoms with Crippen LogP contribution >= 0.6 is 27.5 Å². The molecule has 0 atom stereocenters. The zero-order valence-corrected chi connectivity index (χ0v) is 11.3. The summed E-state index contributed by atoms with van der Waals surface area (Å²) in [5.41, 5.74) is 0.259. The summed E-state index contributed by atoms with van der Waals surface area (Å²) in [4.78, 5) is 11.6. The van der Waals surface area contributed by atoms with Crippen LogP contribution in [0.4, 0.5) is 4.39 Å². The van der Waals surface area contributed by atoms with Crippen LogP contribution in [0.5, 0.6) is 0 Å². The van der Waals surface area contributed by atoms with Crippen LogP contribution in [0.2, 0.25) is 5.02 Å². The molecule has 1 N–H and O–H groups in total. The van der Waals surface area contributed by atoms with E-state index >= 15 is 0 Å². The highest BCUT2D eigenvalue weighted by molar-refractivity contribution is 9.10. The summed E-state index contributed by atoms with van der Waals surface area (Å²) in [5, 5.41) is 2.69. The Morgan fingerprint density at radius 3 is 2.69 bits per heavy atom. The third-order valence-corrected chi connectivity index (χ3v) is 3.15. The van der Waals surface area contributed by atoms with Gasteiger partial charge < -0.3 is 5.32 Å². The summed E-state index contributed by atoms with van der Waals surface area (Å²) in [6, 6.07) is 2.63. The van der Waals surface area contributed by atoms with Gasteiger partial charge >= 0.3 is 0 Å². The highest BCUT2D eigenvalue weighted by Gasteiger charge is 2.12. The van der Waals surface area contributed by atoms with Crippen LogP contribution in [0.3, 0.4) is 0 Å². The van der Waals surface area contributed by atoms with Crippen molar-refractivity contribution in [3.8, 4) is 0 Å². The molecule has 0 saturated heterocycles. The van der Waals surface area contributed by atoms with E-state index in [-0.39, 0.29) is 16.5 Å². The van der Waals surface area contributed by atoms with Crippen LogP contribution < -0.4 is 5.32 Å². The molecule has 0 fully saturated rings. The van der Waals surface area contributed by atoms with E-state index in [4.69, 9.17) is 11.6 Å². The van der Waals surface area contributed by atoms with E-state index in [9.17, 15) is 9.18 Å². The zero-order valence-electron chi connectivity index (χ0n) is 8.98. The van der Waals surface area contributed by atoms with Crippen LogP contribution in [0.1, 0.15) is 24.2 Å². The van der Waals surface area contributed by atoms with E-state index in [1.54, 1.807) is 0 Å². The van der Waals surface area contributed by atoms with Gasteiger partial charge in [0.25, 0.3) is 5.91 Å². The lowest BCUT2D eigenvalue weighted by Gasteiger charge is -2.08. The van der Waals surface area contributed by atoms with Gasteiger partial charge in [-0.2, -0.15) is 0 Å². The van der Waals surface area contributed by atoms with Crippen LogP contribution in [0, 0.1) is 11.7 Å². The Morgan fingerprint density at radius 2 is 2.19 bits per heavy atom. The monoisotopic (exact) mass is 307 g/mol. The van der Waals surface area contributed by atoms with Gasteiger partial charge in [-0.1, -0.05) is 25.4 Å². The van der Waals surface area contributed by atoms with Gasteiger partial charge in [-0.25, -0.2) is 4.39 Å². The molecule has 0 bridgehead atoms. The van der Waals surface area contributed by atoms with Crippen molar-refractivity contribution < 1.29 is 9.18 Å². The molecule has 0 saturated carbocycles. The maximum absolute atomic E-state index is 13.3. The number of hydrogen-bond donors (Lipinski definition) is 1. The van der Waals surface area contributed by atoms with Crippen molar-refractivity contribution in [2.75, 3.05) is 6.54 Å². The standard InChI is InChI=1S/C11H12BrClFNO/c1-6(2)5-15-11(16)7-3-8(12)10(13)9(14)4-7/h3-4,6H,5H2,1-2H3,(H,15,16). The van der Waals surface area contributed by atoms with Gasteiger partial charge in [0, 0.05) is 16.6 Å². The van der Waals surface area contributed by atoms with E-state index in [0.29, 0.717) is 16.9 Å². The number of carbonyl (C=O) groups excluding carboxylic acids is 1. The predicted molar refractivity (Wildman–Crippen MR) is 66.3 cm³/mol. The van der Waals surface area contributed by atoms with Crippen molar-refractivity contribution in [3.05, 3.63) is 33.0 Å². The predicted octanol–water partition coefficient (Wildman–Crippen LogP) is 3.63. The molecule has 0 unspecified atom stereocenters. The Balaban J connectivity index is 2.84. The van der Waals surface area contributed by atoms with E-state index in [0.717, 1.165) is 6.07 Å². The number of halogens is 3. The number of hydrogen-bond acceptors (Lipinski definition) is 1. The van der Waals surface area contributed by atoms with Crippen molar-refractivity contribution in [1.29, 1.82) is 0 Å². The molecule has 0 heterocycles. The quantitative estimate of drug-likeness (QED) is 0.849. The first-order valence-electron chi connectivity index (χ1n) is 4.84. The molecule has 1 aromatic rings. The lowest BCUT2D eigenvalue weighted by Crippen LogP contribution is -2.27. The Hall–Kier alpha value is -0.610. The second kappa shape index (κ2) is 5.64. The molecule has 0 radical (unpaired) electrons. The summed E-state index contributed by atoms with van der Waals surface area (Å²) in [6.07, 6.45) is 0. The molecule has 0 spiro atoms. The Morgan fingerprint density at radius 1 is 1.56 bits per heavy atom. The fourth-order valence-corrected chi connectivity index (χ4v) is 1.63. The van der Waals surface area contributed by atoms with Crippen molar-refractivity contribution in [3.63, 3.8) is 0 Å². The second-order valence-corrected chi connectivity index (χ2v) is 5.09. The lowest BCUT2D eigenvalue weighted by molar-refractivity contribution is 0.0948. The summed E-state index contributed by atoms with van der Waals surface area (Å²) < 4.78 is 13.6. The summed E-state index contributed by atoms with van der Waals surface area (Å²) in [6.45, 7) is 4.53. The first-order chi connectivity index (χ1) is 7.41. The topological polar surface area (TPSA) is 29.1 Å². The van der Waals surface area contributed by atoms with Gasteiger partial charge in [-0.3, -0.25) is 4.79 Å². The van der Waals surface area contributed by atoms with Crippen LogP contribution in [-0.4, -0.2) is 12.5 Å². The summed E-state index contributed by atoms with van der Waals surface area (Å²) in [5.74, 6) is -0.555. The molecule has 2 nitrogen and oxygen atoms in total. The van der Waals surface area contributed by atoms with Crippen molar-refractivity contribution in [2.45, 2.75) is 13.8 Å². The minimum atomic E-state index is -0.606. The number of carbonyl (C=O) groups is 1. The van der Waals surface area contributed by atoms with Gasteiger partial charge in [-0.05, 0) is 34.0 Å². The zero-order chi connectivity index (χ0) is 12.3. The van der Waals surface area contributed by atoms with Gasteiger partial charge in [0.2, 0.25) is 0 Å². The van der Waals surface area contributed by atoms with Gasteiger partial charge in [0.1, 0.15) is 5.82 Å². The van der Waals surface area contributed by atoms with Gasteiger partial charge in [0.05, 0.1) is 5.02 Å². The first kappa shape index (κ1) is 13.5. The molecule has 5 heteroatoms. The average molecular weight is 309 g/mol. The maximum Gasteiger partial charge on any atom is 0.251 e. The number of rotatable bonds is 3. The molecule has 1 aromatic carbocycles. The van der Waals surface area contributed by atoms with Gasteiger partial charge in [0.15, 0.2) is 0 Å². The van der Waals surface area contributed by atoms with E-state index in [2.05, 4.69) is 21.2 Å². The lowest BCUT2D eigenvalue weighted by atomic mass is 10.2. The number of nitrogens with one attached hydrogen (secondary N) is 1. The molecule has 0 aliphatic rings. The Labute approximate surface area is 107 Å². The third-order valence-electron chi connectivity index (χ3n) is 1.92. The molecule has 1 amide bonds. The first-order valence-corrected chi connectivity index (χ1v) is 6.01. The molecule has 0 aliphatic carbocycles. The third kappa shape index (κ3) is 3.46. The van der Waals surface area contributed by atoms with Crippen molar-refractivity contribution in [2.24, 2.45) is 5.92 Å². The highest BCUT2D eigenvalue weighted by Crippen LogP contribution is 2.26. The molecule has 0 aromatic heterocycles. The molecule has 88 valence electrons. The van der Waals surface area contributed by atoms with Crippen LogP contribution in [0.15, 0.2) is 16.6 Å². The normalized spacial score (nSPS) is 10.6. The average Bonchev–Trinajstić information content (AvgIpc) is 2.21. The van der Waals surface area contributed by atoms with Crippen molar-refractivity contribution >= 4 is 33.4 Å². The Bertz CT molecular complexity index is 386. The van der Waals surface area contributed by atoms with E-state index in [1.165, 1.54) is 6.07 Å². The smallest absolute Gasteiger partial charge is 0.251 e. The van der Waals surface area contributed by atoms with Crippen LogP contribution in [-0.2, 0) is 0 Å². The SMILES string of the molecule is CC(C)CNC(=O)c1cc(F)c(Cl)c(Br)c1. The van der Waals surface area contributed by atoms with Gasteiger partial charge in [-0.15, -0.1) is 0 Å². The van der Waals surface area contributed by atoms with E-state index < -0.39 is 5.82 Å². The summed E-state index contributed by atoms with van der Waals surface area (Å²) in [7, 11) is 0. The second-order valence-electron chi connectivity index (χ2n) is 3.86. The fraction of sp³-hybridized carbons (Fsp3) is 0.364. The largest absolute Gasteiger partial charge is 0.352 e. The molecule has 1 rings (SSSR count). The molecule has 16 heavy (non-hydrogen) atoms. The fourth-order valence-electron chi connectivity index (χ4n) is 1.09. The van der Waals surface area contributed by atoms with Crippen LogP contribution in [0.25, 0.3) is 0 Å². The van der Waals surface area contributed by atoms with E-state index in [1.807, 2.05) is 13.8 Å². The number of benzene rings is 1. The minimum Gasteiger partial charge on any atom is -0.352 e. The number of amides is 1. The molecular formula is C11H12BrClFNO.